The van der Waals surface area contributed by atoms with Crippen molar-refractivity contribution in [2.24, 2.45) is 0 Å². The maximum absolute atomic E-state index is 13.1. The number of fused-ring (bicyclic) bond motifs is 1. The Kier molecular flexibility index (Phi) is 5.15. The van der Waals surface area contributed by atoms with Crippen molar-refractivity contribution in [3.05, 3.63) is 66.1 Å². The number of aromatic nitrogens is 4. The van der Waals surface area contributed by atoms with Crippen molar-refractivity contribution in [2.75, 3.05) is 17.7 Å². The third kappa shape index (κ3) is 4.21. The zero-order valence-electron chi connectivity index (χ0n) is 15.8. The van der Waals surface area contributed by atoms with Crippen LogP contribution in [0.1, 0.15) is 12.5 Å². The van der Waals surface area contributed by atoms with E-state index < -0.39 is 0 Å². The highest BCUT2D eigenvalue weighted by molar-refractivity contribution is 5.83. The van der Waals surface area contributed by atoms with E-state index in [1.807, 2.05) is 25.1 Å². The third-order valence-electron chi connectivity index (χ3n) is 4.24. The van der Waals surface area contributed by atoms with Crippen LogP contribution in [0.5, 0.6) is 5.88 Å². The first-order valence-corrected chi connectivity index (χ1v) is 9.14. The fourth-order valence-corrected chi connectivity index (χ4v) is 2.81. The van der Waals surface area contributed by atoms with Crippen LogP contribution < -0.4 is 15.8 Å². The summed E-state index contributed by atoms with van der Waals surface area (Å²) in [6, 6.07) is 13.6. The van der Waals surface area contributed by atoms with E-state index in [0.717, 1.165) is 16.8 Å². The van der Waals surface area contributed by atoms with E-state index in [1.54, 1.807) is 24.4 Å². The van der Waals surface area contributed by atoms with Gasteiger partial charge in [-0.05, 0) is 48.9 Å². The molecule has 0 amide bonds. The minimum atomic E-state index is -0.271. The average molecular weight is 390 g/mol. The number of nitrogens with two attached hydrogens (primary N) is 1. The molecule has 4 rings (SSSR count). The number of pyridine rings is 2. The van der Waals surface area contributed by atoms with E-state index in [-0.39, 0.29) is 5.82 Å². The van der Waals surface area contributed by atoms with Gasteiger partial charge in [-0.2, -0.15) is 4.98 Å². The molecule has 0 spiro atoms. The average Bonchev–Trinajstić information content (AvgIpc) is 2.74. The molecule has 3 aromatic heterocycles. The van der Waals surface area contributed by atoms with Crippen LogP contribution in [0.3, 0.4) is 0 Å². The molecule has 3 heterocycles. The quantitative estimate of drug-likeness (QED) is 0.516. The van der Waals surface area contributed by atoms with Crippen molar-refractivity contribution in [1.82, 2.24) is 19.9 Å². The monoisotopic (exact) mass is 390 g/mol. The highest BCUT2D eigenvalue weighted by Gasteiger charge is 2.12. The first kappa shape index (κ1) is 18.5. The molecule has 0 aliphatic rings. The van der Waals surface area contributed by atoms with Gasteiger partial charge in [0.15, 0.2) is 5.52 Å². The molecule has 0 atom stereocenters. The summed E-state index contributed by atoms with van der Waals surface area (Å²) in [5, 5.41) is 3.15. The number of rotatable bonds is 6. The lowest BCUT2D eigenvalue weighted by Crippen LogP contribution is -2.07. The molecule has 1 aromatic carbocycles. The van der Waals surface area contributed by atoms with Gasteiger partial charge in [0.05, 0.1) is 17.8 Å². The van der Waals surface area contributed by atoms with Gasteiger partial charge < -0.3 is 15.8 Å². The second kappa shape index (κ2) is 8.05. The minimum absolute atomic E-state index is 0.271. The third-order valence-corrected chi connectivity index (χ3v) is 4.24. The summed E-state index contributed by atoms with van der Waals surface area (Å²) < 4.78 is 18.8. The highest BCUT2D eigenvalue weighted by atomic mass is 19.1. The zero-order valence-corrected chi connectivity index (χ0v) is 15.8. The Balaban J connectivity index is 1.66. The molecule has 0 bridgehead atoms. The van der Waals surface area contributed by atoms with Crippen molar-refractivity contribution in [2.45, 2.75) is 13.5 Å². The molecule has 0 radical (unpaired) electrons. The van der Waals surface area contributed by atoms with Crippen LogP contribution in [-0.2, 0) is 6.54 Å². The Morgan fingerprint density at radius 1 is 1.00 bits per heavy atom. The molecule has 3 N–H and O–H groups in total. The Labute approximate surface area is 166 Å². The van der Waals surface area contributed by atoms with Crippen LogP contribution in [0, 0.1) is 5.82 Å². The van der Waals surface area contributed by atoms with Crippen LogP contribution in [0.2, 0.25) is 0 Å². The second-order valence-corrected chi connectivity index (χ2v) is 6.30. The zero-order chi connectivity index (χ0) is 20.2. The van der Waals surface area contributed by atoms with Gasteiger partial charge >= 0.3 is 0 Å². The Morgan fingerprint density at radius 3 is 2.55 bits per heavy atom. The Morgan fingerprint density at radius 2 is 1.83 bits per heavy atom. The van der Waals surface area contributed by atoms with Gasteiger partial charge in [0.25, 0.3) is 0 Å². The van der Waals surface area contributed by atoms with Crippen molar-refractivity contribution in [3.63, 3.8) is 0 Å². The number of nitrogens with zero attached hydrogens (tertiary/aromatic N) is 4. The van der Waals surface area contributed by atoms with E-state index >= 15 is 0 Å². The number of ether oxygens (including phenoxy) is 1. The largest absolute Gasteiger partial charge is 0.476 e. The Hall–Kier alpha value is -3.81. The summed E-state index contributed by atoms with van der Waals surface area (Å²) in [4.78, 5) is 17.8. The molecule has 0 aliphatic heterocycles. The minimum Gasteiger partial charge on any atom is -0.476 e. The van der Waals surface area contributed by atoms with Crippen molar-refractivity contribution >= 4 is 22.8 Å². The van der Waals surface area contributed by atoms with Crippen molar-refractivity contribution in [1.29, 1.82) is 0 Å². The van der Waals surface area contributed by atoms with Gasteiger partial charge in [0.2, 0.25) is 11.8 Å². The lowest BCUT2D eigenvalue weighted by molar-refractivity contribution is 0.330. The maximum Gasteiger partial charge on any atom is 0.245 e. The van der Waals surface area contributed by atoms with Gasteiger partial charge in [-0.3, -0.25) is 0 Å². The molecule has 0 saturated heterocycles. The van der Waals surface area contributed by atoms with Gasteiger partial charge in [-0.1, -0.05) is 12.1 Å². The molecule has 7 nitrogen and oxygen atoms in total. The first-order chi connectivity index (χ1) is 14.1. The first-order valence-electron chi connectivity index (χ1n) is 9.14. The lowest BCUT2D eigenvalue weighted by atomic mass is 10.2. The fourth-order valence-electron chi connectivity index (χ4n) is 2.81. The van der Waals surface area contributed by atoms with Crippen LogP contribution in [0.25, 0.3) is 22.3 Å². The van der Waals surface area contributed by atoms with Crippen molar-refractivity contribution in [3.8, 4) is 17.1 Å². The van der Waals surface area contributed by atoms with Gasteiger partial charge in [0, 0.05) is 18.3 Å². The van der Waals surface area contributed by atoms with E-state index in [1.165, 1.54) is 12.1 Å². The summed E-state index contributed by atoms with van der Waals surface area (Å²) in [7, 11) is 0. The molecule has 0 saturated carbocycles. The van der Waals surface area contributed by atoms with Gasteiger partial charge in [-0.15, -0.1) is 0 Å². The van der Waals surface area contributed by atoms with Crippen LogP contribution in [-0.4, -0.2) is 26.5 Å². The van der Waals surface area contributed by atoms with E-state index in [4.69, 9.17) is 10.5 Å². The van der Waals surface area contributed by atoms with Gasteiger partial charge in [-0.25, -0.2) is 19.3 Å². The van der Waals surface area contributed by atoms with Crippen LogP contribution in [0.4, 0.5) is 16.2 Å². The summed E-state index contributed by atoms with van der Waals surface area (Å²) in [5.74, 6) is 0.982. The molecule has 0 aliphatic carbocycles. The summed E-state index contributed by atoms with van der Waals surface area (Å²) >= 11 is 0. The number of hydrogen-bond donors (Lipinski definition) is 2. The lowest BCUT2D eigenvalue weighted by Gasteiger charge is -2.11. The molecule has 4 aromatic rings. The number of hydrogen-bond acceptors (Lipinski definition) is 7. The molecular weight excluding hydrogens is 371 g/mol. The molecule has 0 unspecified atom stereocenters. The van der Waals surface area contributed by atoms with E-state index in [9.17, 15) is 4.39 Å². The summed E-state index contributed by atoms with van der Waals surface area (Å²) in [6.45, 7) is 2.78. The Bertz CT molecular complexity index is 1130. The highest BCUT2D eigenvalue weighted by Crippen LogP contribution is 2.26. The van der Waals surface area contributed by atoms with E-state index in [0.29, 0.717) is 41.8 Å². The normalized spacial score (nSPS) is 10.8. The number of nitrogens with one attached hydrogen (secondary N) is 1. The van der Waals surface area contributed by atoms with Crippen LogP contribution in [0.15, 0.2) is 54.7 Å². The number of nitrogen functional groups attached to an aromatic ring is 1. The van der Waals surface area contributed by atoms with Gasteiger partial charge in [0.1, 0.15) is 11.6 Å². The number of halogens is 1. The maximum atomic E-state index is 13.1. The molecular formula is C21H19FN6O. The molecule has 0 fully saturated rings. The standard InChI is InChI=1S/C21H19FN6O/c1-2-29-20-19-17(9-8-16(26-19)14-5-10-18(23)24-12-14)27-21(28-20)25-11-13-3-6-15(22)7-4-13/h3-10,12H,2,11H2,1H3,(H2,23,24)(H,25,27,28). The second-order valence-electron chi connectivity index (χ2n) is 6.30. The summed E-state index contributed by atoms with van der Waals surface area (Å²) in [6.07, 6.45) is 1.67. The predicted octanol–water partition coefficient (Wildman–Crippen LogP) is 3.82. The fraction of sp³-hybridized carbons (Fsp3) is 0.143. The number of anilines is 2. The topological polar surface area (TPSA) is 98.8 Å². The molecule has 29 heavy (non-hydrogen) atoms. The smallest absolute Gasteiger partial charge is 0.245 e. The number of benzene rings is 1. The molecule has 146 valence electrons. The van der Waals surface area contributed by atoms with Crippen molar-refractivity contribution < 1.29 is 9.13 Å². The predicted molar refractivity (Wildman–Crippen MR) is 110 cm³/mol. The van der Waals surface area contributed by atoms with Crippen LogP contribution >= 0.6 is 0 Å². The summed E-state index contributed by atoms with van der Waals surface area (Å²) in [5.41, 5.74) is 9.34. The van der Waals surface area contributed by atoms with E-state index in [2.05, 4.69) is 25.3 Å². The molecule has 8 heteroatoms. The SMILES string of the molecule is CCOc1nc(NCc2ccc(F)cc2)nc2ccc(-c3ccc(N)nc3)nc12.